The highest BCUT2D eigenvalue weighted by Gasteiger charge is 1.97. The highest BCUT2D eigenvalue weighted by molar-refractivity contribution is 6.30. The van der Waals surface area contributed by atoms with Crippen LogP contribution in [0.3, 0.4) is 0 Å². The molecule has 0 aliphatic rings. The largest absolute Gasteiger partial charge is 0.657 e. The Morgan fingerprint density at radius 3 is 3.00 bits per heavy atom. The molecule has 61 valence electrons. The zero-order valence-corrected chi connectivity index (χ0v) is 7.12. The molecule has 0 unspecified atom stereocenters. The third-order valence-electron chi connectivity index (χ3n) is 1.13. The average molecular weight is 181 g/mol. The molecule has 1 aromatic rings. The highest BCUT2D eigenvalue weighted by atomic mass is 35.5. The third kappa shape index (κ3) is 2.88. The first-order valence-corrected chi connectivity index (χ1v) is 3.71. The lowest BCUT2D eigenvalue weighted by Gasteiger charge is -2.02. The number of hydrogen-bond acceptors (Lipinski definition) is 2. The normalized spacial score (nSPS) is 8.75. The molecule has 0 spiro atoms. The van der Waals surface area contributed by atoms with Gasteiger partial charge in [-0.3, -0.25) is 0 Å². The molecule has 0 atom stereocenters. The summed E-state index contributed by atoms with van der Waals surface area (Å²) in [7, 11) is 1.18. The van der Waals surface area contributed by atoms with Crippen molar-refractivity contribution in [1.29, 1.82) is 0 Å². The Balaban J connectivity index is 2.46. The Bertz CT molecular complexity index is 265. The number of rotatable bonds is 4. The van der Waals surface area contributed by atoms with Crippen LogP contribution in [0.15, 0.2) is 37.1 Å². The molecule has 2 nitrogen and oxygen atoms in total. The molecule has 0 N–H and O–H groups in total. The summed E-state index contributed by atoms with van der Waals surface area (Å²) in [5.74, 6) is 0.629. The maximum Gasteiger partial charge on any atom is 0.657 e. The Morgan fingerprint density at radius 2 is 2.33 bits per heavy atom. The van der Waals surface area contributed by atoms with Gasteiger partial charge in [0.05, 0.1) is 6.26 Å². The molecule has 0 aliphatic carbocycles. The van der Waals surface area contributed by atoms with Gasteiger partial charge < -0.3 is 9.31 Å². The molecule has 0 fully saturated rings. The minimum atomic E-state index is 0.625. The van der Waals surface area contributed by atoms with Crippen molar-refractivity contribution in [3.8, 4) is 5.75 Å². The lowest BCUT2D eigenvalue weighted by molar-refractivity contribution is 0.414. The number of benzene rings is 1. The van der Waals surface area contributed by atoms with Crippen LogP contribution in [-0.2, 0) is 4.65 Å². The van der Waals surface area contributed by atoms with Crippen LogP contribution in [0.4, 0.5) is 0 Å². The van der Waals surface area contributed by atoms with Gasteiger partial charge >= 0.3 is 7.69 Å². The fraction of sp³-hybridized carbons (Fsp3) is 0. The standard InChI is InChI=1S/C8H7BClO2/c1-2-11-9-12-8-5-3-4-7(10)6-8/h2-6H,1H2. The highest BCUT2D eigenvalue weighted by Crippen LogP contribution is 2.16. The van der Waals surface area contributed by atoms with Crippen molar-refractivity contribution in [2.24, 2.45) is 0 Å². The SMILES string of the molecule is C=CO[B]Oc1cccc(Cl)c1. The minimum absolute atomic E-state index is 0.625. The number of hydrogen-bond donors (Lipinski definition) is 0. The molecule has 1 radical (unpaired) electrons. The number of halogens is 1. The summed E-state index contributed by atoms with van der Waals surface area (Å²) < 4.78 is 9.68. The summed E-state index contributed by atoms with van der Waals surface area (Å²) in [6.07, 6.45) is 1.27. The fourth-order valence-electron chi connectivity index (χ4n) is 0.663. The van der Waals surface area contributed by atoms with Gasteiger partial charge in [0.25, 0.3) is 0 Å². The van der Waals surface area contributed by atoms with E-state index in [1.54, 1.807) is 24.3 Å². The Hall–Kier alpha value is -1.09. The average Bonchev–Trinajstić information content (AvgIpc) is 2.05. The van der Waals surface area contributed by atoms with Crippen LogP contribution in [0.2, 0.25) is 5.02 Å². The monoisotopic (exact) mass is 181 g/mol. The Kier molecular flexibility index (Phi) is 3.55. The van der Waals surface area contributed by atoms with Crippen molar-refractivity contribution >= 4 is 19.3 Å². The van der Waals surface area contributed by atoms with E-state index in [1.165, 1.54) is 13.9 Å². The molecule has 0 saturated heterocycles. The van der Waals surface area contributed by atoms with E-state index in [4.69, 9.17) is 16.3 Å². The van der Waals surface area contributed by atoms with Gasteiger partial charge in [0.2, 0.25) is 0 Å². The molecule has 0 bridgehead atoms. The fourth-order valence-corrected chi connectivity index (χ4v) is 0.843. The van der Waals surface area contributed by atoms with Gasteiger partial charge in [-0.1, -0.05) is 24.2 Å². The van der Waals surface area contributed by atoms with Crippen molar-refractivity contribution in [2.45, 2.75) is 0 Å². The van der Waals surface area contributed by atoms with E-state index in [2.05, 4.69) is 11.2 Å². The van der Waals surface area contributed by atoms with Crippen LogP contribution >= 0.6 is 11.6 Å². The molecular formula is C8H7BClO2. The second-order valence-corrected chi connectivity index (χ2v) is 2.41. The van der Waals surface area contributed by atoms with Crippen molar-refractivity contribution < 1.29 is 9.31 Å². The van der Waals surface area contributed by atoms with Gasteiger partial charge in [-0.25, -0.2) is 0 Å². The molecule has 0 aliphatic heterocycles. The molecule has 0 amide bonds. The second kappa shape index (κ2) is 4.72. The zero-order valence-electron chi connectivity index (χ0n) is 6.37. The molecule has 0 heterocycles. The molecular weight excluding hydrogens is 174 g/mol. The summed E-state index contributed by atoms with van der Waals surface area (Å²) in [5, 5.41) is 0.625. The van der Waals surface area contributed by atoms with Gasteiger partial charge in [-0.15, -0.1) is 0 Å². The minimum Gasteiger partial charge on any atom is -0.533 e. The van der Waals surface area contributed by atoms with E-state index in [-0.39, 0.29) is 0 Å². The predicted molar refractivity (Wildman–Crippen MR) is 49.1 cm³/mol. The van der Waals surface area contributed by atoms with Gasteiger partial charge in [-0.05, 0) is 18.2 Å². The Morgan fingerprint density at radius 1 is 1.50 bits per heavy atom. The smallest absolute Gasteiger partial charge is 0.533 e. The topological polar surface area (TPSA) is 18.5 Å². The lowest BCUT2D eigenvalue weighted by Crippen LogP contribution is -2.03. The van der Waals surface area contributed by atoms with E-state index in [9.17, 15) is 0 Å². The van der Waals surface area contributed by atoms with E-state index < -0.39 is 0 Å². The maximum atomic E-state index is 5.70. The van der Waals surface area contributed by atoms with Gasteiger partial charge in [-0.2, -0.15) is 0 Å². The molecule has 0 aromatic heterocycles. The summed E-state index contributed by atoms with van der Waals surface area (Å²) >= 11 is 5.70. The van der Waals surface area contributed by atoms with Gasteiger partial charge in [0.15, 0.2) is 0 Å². The first kappa shape index (κ1) is 9.01. The van der Waals surface area contributed by atoms with Crippen LogP contribution in [-0.4, -0.2) is 7.69 Å². The Labute approximate surface area is 77.1 Å². The summed E-state index contributed by atoms with van der Waals surface area (Å²) in [6, 6.07) is 7.02. The lowest BCUT2D eigenvalue weighted by atomic mass is 10.3. The molecule has 12 heavy (non-hydrogen) atoms. The predicted octanol–water partition coefficient (Wildman–Crippen LogP) is 2.41. The first-order chi connectivity index (χ1) is 5.83. The summed E-state index contributed by atoms with van der Waals surface area (Å²) in [4.78, 5) is 0. The first-order valence-electron chi connectivity index (χ1n) is 3.33. The molecule has 4 heteroatoms. The second-order valence-electron chi connectivity index (χ2n) is 1.97. The van der Waals surface area contributed by atoms with Crippen molar-refractivity contribution in [1.82, 2.24) is 0 Å². The van der Waals surface area contributed by atoms with E-state index in [1.807, 2.05) is 0 Å². The molecule has 0 saturated carbocycles. The summed E-state index contributed by atoms with van der Waals surface area (Å²) in [5.41, 5.74) is 0. The summed E-state index contributed by atoms with van der Waals surface area (Å²) in [6.45, 7) is 3.35. The maximum absolute atomic E-state index is 5.70. The van der Waals surface area contributed by atoms with Crippen LogP contribution in [0, 0.1) is 0 Å². The van der Waals surface area contributed by atoms with Crippen molar-refractivity contribution in [2.75, 3.05) is 0 Å². The van der Waals surface area contributed by atoms with Gasteiger partial charge in [0, 0.05) is 5.02 Å². The van der Waals surface area contributed by atoms with E-state index >= 15 is 0 Å². The van der Waals surface area contributed by atoms with Crippen LogP contribution < -0.4 is 4.65 Å². The van der Waals surface area contributed by atoms with Gasteiger partial charge in [0.1, 0.15) is 5.75 Å². The zero-order chi connectivity index (χ0) is 8.81. The third-order valence-corrected chi connectivity index (χ3v) is 1.37. The quantitative estimate of drug-likeness (QED) is 0.403. The molecule has 1 aromatic carbocycles. The van der Waals surface area contributed by atoms with Crippen LogP contribution in [0.5, 0.6) is 5.75 Å². The van der Waals surface area contributed by atoms with Crippen molar-refractivity contribution in [3.63, 3.8) is 0 Å². The van der Waals surface area contributed by atoms with Crippen LogP contribution in [0.25, 0.3) is 0 Å². The van der Waals surface area contributed by atoms with Crippen LogP contribution in [0.1, 0.15) is 0 Å². The molecule has 1 rings (SSSR count). The van der Waals surface area contributed by atoms with E-state index in [0.29, 0.717) is 10.8 Å². The van der Waals surface area contributed by atoms with E-state index in [0.717, 1.165) is 0 Å². The van der Waals surface area contributed by atoms with Crippen molar-refractivity contribution in [3.05, 3.63) is 42.1 Å².